The summed E-state index contributed by atoms with van der Waals surface area (Å²) in [4.78, 5) is 28.1. The first-order valence-corrected chi connectivity index (χ1v) is 13.9. The first kappa shape index (κ1) is 28.8. The number of rotatable bonds is 11. The number of carbonyl (C=O) groups is 2. The molecule has 0 saturated carbocycles. The Hall–Kier alpha value is -3.72. The van der Waals surface area contributed by atoms with E-state index < -0.39 is 34.3 Å². The molecule has 0 aliphatic rings. The van der Waals surface area contributed by atoms with Crippen LogP contribution in [0, 0.1) is 19.7 Å². The van der Waals surface area contributed by atoms with Gasteiger partial charge in [-0.1, -0.05) is 43.3 Å². The van der Waals surface area contributed by atoms with E-state index in [0.717, 1.165) is 21.9 Å². The maximum absolute atomic E-state index is 13.8. The second-order valence-corrected chi connectivity index (χ2v) is 11.1. The van der Waals surface area contributed by atoms with Gasteiger partial charge in [-0.2, -0.15) is 0 Å². The van der Waals surface area contributed by atoms with E-state index in [-0.39, 0.29) is 17.3 Å². The fourth-order valence-corrected chi connectivity index (χ4v) is 5.53. The molecule has 3 aromatic rings. The van der Waals surface area contributed by atoms with E-state index in [0.29, 0.717) is 17.8 Å². The summed E-state index contributed by atoms with van der Waals surface area (Å²) in [6.45, 7) is 7.15. The molecule has 2 amide bonds. The molecule has 0 fully saturated rings. The zero-order valence-electron chi connectivity index (χ0n) is 22.1. The lowest BCUT2D eigenvalue weighted by Crippen LogP contribution is -2.51. The number of nitrogens with one attached hydrogen (secondary N) is 1. The highest BCUT2D eigenvalue weighted by Crippen LogP contribution is 2.26. The number of sulfonamides is 1. The minimum atomic E-state index is -4.12. The molecule has 3 rings (SSSR count). The lowest BCUT2D eigenvalue weighted by molar-refractivity contribution is -0.139. The highest BCUT2D eigenvalue weighted by molar-refractivity contribution is 7.92. The number of nitrogens with zero attached hydrogens (tertiary/aromatic N) is 2. The van der Waals surface area contributed by atoms with E-state index in [1.54, 1.807) is 37.3 Å². The van der Waals surface area contributed by atoms with Gasteiger partial charge in [0, 0.05) is 13.1 Å². The number of hydrogen-bond acceptors (Lipinski definition) is 4. The van der Waals surface area contributed by atoms with E-state index >= 15 is 0 Å². The van der Waals surface area contributed by atoms with Crippen molar-refractivity contribution in [2.45, 2.75) is 51.6 Å². The predicted molar refractivity (Wildman–Crippen MR) is 147 cm³/mol. The van der Waals surface area contributed by atoms with Crippen molar-refractivity contribution in [1.29, 1.82) is 0 Å². The standard InChI is InChI=1S/C29H34FN3O4S/c1-5-15-31-29(35)23(4)32(19-24-11-13-25(30)14-12-24)28(34)20-33(26-17-21(2)16-22(3)18-26)38(36,37)27-9-7-6-8-10-27/h6-14,16-18,23H,5,15,19-20H2,1-4H3,(H,31,35)/t23-/m0/s1. The van der Waals surface area contributed by atoms with Crippen molar-refractivity contribution in [3.63, 3.8) is 0 Å². The Balaban J connectivity index is 2.03. The van der Waals surface area contributed by atoms with Gasteiger partial charge in [-0.3, -0.25) is 13.9 Å². The second kappa shape index (κ2) is 12.7. The van der Waals surface area contributed by atoms with E-state index in [4.69, 9.17) is 0 Å². The third-order valence-corrected chi connectivity index (χ3v) is 7.88. The zero-order chi connectivity index (χ0) is 27.9. The molecule has 1 N–H and O–H groups in total. The van der Waals surface area contributed by atoms with Gasteiger partial charge in [-0.15, -0.1) is 0 Å². The number of benzene rings is 3. The Morgan fingerprint density at radius 3 is 2.13 bits per heavy atom. The minimum absolute atomic E-state index is 0.00585. The molecule has 1 atom stereocenters. The van der Waals surface area contributed by atoms with Gasteiger partial charge in [0.05, 0.1) is 10.6 Å². The van der Waals surface area contributed by atoms with Crippen molar-refractivity contribution in [3.8, 4) is 0 Å². The maximum Gasteiger partial charge on any atom is 0.264 e. The van der Waals surface area contributed by atoms with E-state index in [9.17, 15) is 22.4 Å². The van der Waals surface area contributed by atoms with Crippen molar-refractivity contribution in [3.05, 3.63) is 95.3 Å². The molecular weight excluding hydrogens is 505 g/mol. The van der Waals surface area contributed by atoms with Gasteiger partial charge >= 0.3 is 0 Å². The maximum atomic E-state index is 13.8. The highest BCUT2D eigenvalue weighted by Gasteiger charge is 2.32. The molecule has 3 aromatic carbocycles. The monoisotopic (exact) mass is 539 g/mol. The quantitative estimate of drug-likeness (QED) is 0.387. The van der Waals surface area contributed by atoms with E-state index in [1.165, 1.54) is 41.3 Å². The summed E-state index contributed by atoms with van der Waals surface area (Å²) in [5, 5.41) is 2.79. The Kier molecular flexibility index (Phi) is 9.63. The van der Waals surface area contributed by atoms with Crippen molar-refractivity contribution < 1.29 is 22.4 Å². The largest absolute Gasteiger partial charge is 0.354 e. The molecular formula is C29H34FN3O4S. The second-order valence-electron chi connectivity index (χ2n) is 9.29. The molecule has 38 heavy (non-hydrogen) atoms. The van der Waals surface area contributed by atoms with Crippen LogP contribution < -0.4 is 9.62 Å². The third-order valence-electron chi connectivity index (χ3n) is 6.09. The summed E-state index contributed by atoms with van der Waals surface area (Å²) in [5.41, 5.74) is 2.65. The summed E-state index contributed by atoms with van der Waals surface area (Å²) in [5.74, 6) is -1.34. The molecule has 0 radical (unpaired) electrons. The summed E-state index contributed by atoms with van der Waals surface area (Å²) in [6, 6.07) is 18.0. The van der Waals surface area contributed by atoms with Crippen molar-refractivity contribution in [2.75, 3.05) is 17.4 Å². The van der Waals surface area contributed by atoms with E-state index in [1.807, 2.05) is 26.8 Å². The van der Waals surface area contributed by atoms with Crippen LogP contribution in [-0.2, 0) is 26.2 Å². The Labute approximate surface area is 224 Å². The number of halogens is 1. The molecule has 0 unspecified atom stereocenters. The fourth-order valence-electron chi connectivity index (χ4n) is 4.11. The van der Waals surface area contributed by atoms with Crippen LogP contribution in [0.4, 0.5) is 10.1 Å². The number of anilines is 1. The molecule has 202 valence electrons. The van der Waals surface area contributed by atoms with E-state index in [2.05, 4.69) is 5.32 Å². The Morgan fingerprint density at radius 1 is 0.947 bits per heavy atom. The van der Waals surface area contributed by atoms with Gasteiger partial charge in [0.25, 0.3) is 10.0 Å². The average molecular weight is 540 g/mol. The molecule has 0 aliphatic carbocycles. The first-order valence-electron chi connectivity index (χ1n) is 12.5. The molecule has 9 heteroatoms. The van der Waals surface area contributed by atoms with Crippen LogP contribution in [-0.4, -0.2) is 44.3 Å². The van der Waals surface area contributed by atoms with Crippen molar-refractivity contribution in [1.82, 2.24) is 10.2 Å². The van der Waals surface area contributed by atoms with Crippen molar-refractivity contribution >= 4 is 27.5 Å². The molecule has 0 aromatic heterocycles. The Bertz CT molecular complexity index is 1340. The van der Waals surface area contributed by atoms with Gasteiger partial charge in [0.1, 0.15) is 18.4 Å². The van der Waals surface area contributed by atoms with Crippen molar-refractivity contribution in [2.24, 2.45) is 0 Å². The normalized spacial score (nSPS) is 12.0. The van der Waals surface area contributed by atoms with Crippen LogP contribution in [0.5, 0.6) is 0 Å². The van der Waals surface area contributed by atoms with Gasteiger partial charge in [-0.25, -0.2) is 12.8 Å². The molecule has 7 nitrogen and oxygen atoms in total. The van der Waals surface area contributed by atoms with Crippen LogP contribution in [0.3, 0.4) is 0 Å². The number of hydrogen-bond donors (Lipinski definition) is 1. The zero-order valence-corrected chi connectivity index (χ0v) is 23.0. The topological polar surface area (TPSA) is 86.8 Å². The Morgan fingerprint density at radius 2 is 1.55 bits per heavy atom. The molecule has 0 heterocycles. The van der Waals surface area contributed by atoms with Gasteiger partial charge in [-0.05, 0) is 80.3 Å². The SMILES string of the molecule is CCCNC(=O)[C@H](C)N(Cc1ccc(F)cc1)C(=O)CN(c1cc(C)cc(C)c1)S(=O)(=O)c1ccccc1. The average Bonchev–Trinajstić information content (AvgIpc) is 2.89. The molecule has 0 spiro atoms. The summed E-state index contributed by atoms with van der Waals surface area (Å²) in [6.07, 6.45) is 0.722. The predicted octanol–water partition coefficient (Wildman–Crippen LogP) is 4.58. The third kappa shape index (κ3) is 7.19. The summed E-state index contributed by atoms with van der Waals surface area (Å²) >= 11 is 0. The number of carbonyl (C=O) groups excluding carboxylic acids is 2. The van der Waals surface area contributed by atoms with Crippen LogP contribution in [0.2, 0.25) is 0 Å². The first-order chi connectivity index (χ1) is 18.0. The van der Waals surface area contributed by atoms with Gasteiger partial charge < -0.3 is 10.2 Å². The fraction of sp³-hybridized carbons (Fsp3) is 0.310. The van der Waals surface area contributed by atoms with Crippen LogP contribution >= 0.6 is 0 Å². The van der Waals surface area contributed by atoms with Gasteiger partial charge in [0.15, 0.2) is 0 Å². The molecule has 0 bridgehead atoms. The summed E-state index contributed by atoms with van der Waals surface area (Å²) in [7, 11) is -4.12. The number of aryl methyl sites for hydroxylation is 2. The van der Waals surface area contributed by atoms with Crippen LogP contribution in [0.25, 0.3) is 0 Å². The van der Waals surface area contributed by atoms with Crippen LogP contribution in [0.15, 0.2) is 77.7 Å². The van der Waals surface area contributed by atoms with Crippen LogP contribution in [0.1, 0.15) is 37.0 Å². The smallest absolute Gasteiger partial charge is 0.264 e. The molecule has 0 aliphatic heterocycles. The summed E-state index contributed by atoms with van der Waals surface area (Å²) < 4.78 is 42.2. The minimum Gasteiger partial charge on any atom is -0.354 e. The van der Waals surface area contributed by atoms with Gasteiger partial charge in [0.2, 0.25) is 11.8 Å². The number of amides is 2. The lowest BCUT2D eigenvalue weighted by atomic mass is 10.1. The highest BCUT2D eigenvalue weighted by atomic mass is 32.2. The lowest BCUT2D eigenvalue weighted by Gasteiger charge is -2.32. The molecule has 0 saturated heterocycles.